The fraction of sp³-hybridized carbons (Fsp3) is 0. The quantitative estimate of drug-likeness (QED) is 0.799. The molecule has 2 heterocycles. The van der Waals surface area contributed by atoms with Gasteiger partial charge in [-0.2, -0.15) is 0 Å². The number of pyridine rings is 1. The smallest absolute Gasteiger partial charge is 0.227 e. The van der Waals surface area contributed by atoms with Crippen LogP contribution in [0.4, 0.5) is 20.4 Å². The monoisotopic (exact) mass is 284 g/mol. The molecule has 0 fully saturated rings. The topological polar surface area (TPSA) is 50.7 Å². The number of nitrogens with one attached hydrogen (secondary N) is 1. The Morgan fingerprint density at radius 3 is 2.43 bits per heavy atom. The van der Waals surface area contributed by atoms with Gasteiger partial charge in [-0.25, -0.2) is 18.7 Å². The van der Waals surface area contributed by atoms with Crippen LogP contribution in [0.25, 0.3) is 11.3 Å². The fourth-order valence-corrected chi connectivity index (χ4v) is 1.81. The lowest BCUT2D eigenvalue weighted by atomic mass is 10.2. The summed E-state index contributed by atoms with van der Waals surface area (Å²) < 4.78 is 26.0. The van der Waals surface area contributed by atoms with Crippen LogP contribution in [0.15, 0.2) is 55.0 Å². The minimum atomic E-state index is -0.926. The van der Waals surface area contributed by atoms with Crippen LogP contribution in [0.1, 0.15) is 0 Å². The van der Waals surface area contributed by atoms with Gasteiger partial charge in [0.05, 0.1) is 5.69 Å². The number of hydrogen-bond donors (Lipinski definition) is 1. The summed E-state index contributed by atoms with van der Waals surface area (Å²) >= 11 is 0. The number of rotatable bonds is 3. The second-order valence-electron chi connectivity index (χ2n) is 4.26. The van der Waals surface area contributed by atoms with Crippen molar-refractivity contribution in [2.75, 3.05) is 5.32 Å². The average molecular weight is 284 g/mol. The van der Waals surface area contributed by atoms with Crippen molar-refractivity contribution in [1.82, 2.24) is 15.0 Å². The van der Waals surface area contributed by atoms with Crippen molar-refractivity contribution >= 4 is 11.6 Å². The summed E-state index contributed by atoms with van der Waals surface area (Å²) in [5.74, 6) is -1.52. The van der Waals surface area contributed by atoms with Crippen molar-refractivity contribution in [3.63, 3.8) is 0 Å². The molecule has 0 saturated heterocycles. The van der Waals surface area contributed by atoms with E-state index in [1.54, 1.807) is 24.7 Å². The zero-order chi connectivity index (χ0) is 14.7. The van der Waals surface area contributed by atoms with Crippen molar-refractivity contribution in [2.45, 2.75) is 0 Å². The van der Waals surface area contributed by atoms with Crippen LogP contribution in [0.2, 0.25) is 0 Å². The van der Waals surface area contributed by atoms with E-state index in [9.17, 15) is 8.78 Å². The van der Waals surface area contributed by atoms with E-state index >= 15 is 0 Å². The van der Waals surface area contributed by atoms with E-state index in [-0.39, 0.29) is 0 Å². The highest BCUT2D eigenvalue weighted by atomic mass is 19.2. The molecule has 0 atom stereocenters. The van der Waals surface area contributed by atoms with Crippen LogP contribution in [0.3, 0.4) is 0 Å². The van der Waals surface area contributed by atoms with Crippen molar-refractivity contribution in [2.24, 2.45) is 0 Å². The van der Waals surface area contributed by atoms with Gasteiger partial charge in [-0.05, 0) is 30.3 Å². The molecule has 0 aliphatic rings. The molecule has 104 valence electrons. The van der Waals surface area contributed by atoms with Gasteiger partial charge in [-0.15, -0.1) is 0 Å². The first-order chi connectivity index (χ1) is 10.2. The molecule has 0 saturated carbocycles. The maximum Gasteiger partial charge on any atom is 0.227 e. The summed E-state index contributed by atoms with van der Waals surface area (Å²) in [4.78, 5) is 12.3. The highest BCUT2D eigenvalue weighted by Gasteiger charge is 2.05. The number of aromatic nitrogens is 3. The molecular formula is C15H10F2N4. The minimum absolute atomic E-state index is 0.301. The first-order valence-corrected chi connectivity index (χ1v) is 6.18. The first-order valence-electron chi connectivity index (χ1n) is 6.18. The van der Waals surface area contributed by atoms with Crippen LogP contribution in [-0.4, -0.2) is 15.0 Å². The number of hydrogen-bond acceptors (Lipinski definition) is 4. The van der Waals surface area contributed by atoms with Crippen molar-refractivity contribution in [1.29, 1.82) is 0 Å². The van der Waals surface area contributed by atoms with Gasteiger partial charge in [0.25, 0.3) is 0 Å². The average Bonchev–Trinajstić information content (AvgIpc) is 2.52. The summed E-state index contributed by atoms with van der Waals surface area (Å²) in [7, 11) is 0. The highest BCUT2D eigenvalue weighted by molar-refractivity contribution is 5.61. The summed E-state index contributed by atoms with van der Waals surface area (Å²) in [6.07, 6.45) is 4.92. The lowest BCUT2D eigenvalue weighted by Crippen LogP contribution is -1.98. The summed E-state index contributed by atoms with van der Waals surface area (Å²) in [6, 6.07) is 8.92. The summed E-state index contributed by atoms with van der Waals surface area (Å²) in [5, 5.41) is 2.84. The highest BCUT2D eigenvalue weighted by Crippen LogP contribution is 2.19. The Morgan fingerprint density at radius 1 is 0.857 bits per heavy atom. The first kappa shape index (κ1) is 13.1. The molecule has 0 bridgehead atoms. The third-order valence-corrected chi connectivity index (χ3v) is 2.81. The van der Waals surface area contributed by atoms with Gasteiger partial charge in [0.1, 0.15) is 0 Å². The van der Waals surface area contributed by atoms with Gasteiger partial charge in [-0.3, -0.25) is 4.98 Å². The zero-order valence-corrected chi connectivity index (χ0v) is 10.8. The second kappa shape index (κ2) is 5.62. The maximum atomic E-state index is 13.2. The Kier molecular flexibility index (Phi) is 3.51. The Morgan fingerprint density at radius 2 is 1.67 bits per heavy atom. The second-order valence-corrected chi connectivity index (χ2v) is 4.26. The van der Waals surface area contributed by atoms with Gasteiger partial charge in [0.15, 0.2) is 11.6 Å². The standard InChI is InChI=1S/C15H10F2N4/c16-12-2-1-11(9-13(12)17)20-15-19-8-5-14(21-15)10-3-6-18-7-4-10/h1-9H,(H,19,20,21). The predicted octanol–water partition coefficient (Wildman–Crippen LogP) is 3.56. The molecule has 0 amide bonds. The molecule has 4 nitrogen and oxygen atoms in total. The molecule has 0 aliphatic heterocycles. The van der Waals surface area contributed by atoms with Gasteiger partial charge in [0.2, 0.25) is 5.95 Å². The fourth-order valence-electron chi connectivity index (χ4n) is 1.81. The molecule has 21 heavy (non-hydrogen) atoms. The van der Waals surface area contributed by atoms with Crippen LogP contribution < -0.4 is 5.32 Å². The molecule has 3 rings (SSSR count). The van der Waals surface area contributed by atoms with Gasteiger partial charge < -0.3 is 5.32 Å². The van der Waals surface area contributed by atoms with E-state index in [1.807, 2.05) is 12.1 Å². The number of benzene rings is 1. The third-order valence-electron chi connectivity index (χ3n) is 2.81. The Labute approximate surface area is 119 Å². The molecule has 3 aromatic rings. The molecule has 0 aliphatic carbocycles. The Bertz CT molecular complexity index is 763. The van der Waals surface area contributed by atoms with Gasteiger partial charge in [-0.1, -0.05) is 0 Å². The molecular weight excluding hydrogens is 274 g/mol. The summed E-state index contributed by atoms with van der Waals surface area (Å²) in [5.41, 5.74) is 1.97. The van der Waals surface area contributed by atoms with Crippen molar-refractivity contribution in [3.8, 4) is 11.3 Å². The third kappa shape index (κ3) is 3.00. The predicted molar refractivity (Wildman–Crippen MR) is 74.9 cm³/mol. The molecule has 0 spiro atoms. The molecule has 1 N–H and O–H groups in total. The van der Waals surface area contributed by atoms with Crippen LogP contribution in [0, 0.1) is 11.6 Å². The Balaban J connectivity index is 1.88. The maximum absolute atomic E-state index is 13.2. The number of halogens is 2. The lowest BCUT2D eigenvalue weighted by molar-refractivity contribution is 0.509. The SMILES string of the molecule is Fc1ccc(Nc2nccc(-c3ccncc3)n2)cc1F. The molecule has 2 aromatic heterocycles. The Hall–Kier alpha value is -2.89. The number of anilines is 2. The lowest BCUT2D eigenvalue weighted by Gasteiger charge is -2.07. The van der Waals surface area contributed by atoms with E-state index in [1.165, 1.54) is 6.07 Å². The van der Waals surface area contributed by atoms with E-state index in [0.717, 1.165) is 17.7 Å². The van der Waals surface area contributed by atoms with E-state index in [0.29, 0.717) is 17.3 Å². The van der Waals surface area contributed by atoms with Crippen LogP contribution >= 0.6 is 0 Å². The molecule has 0 unspecified atom stereocenters. The van der Waals surface area contributed by atoms with Crippen molar-refractivity contribution < 1.29 is 8.78 Å². The van der Waals surface area contributed by atoms with Crippen molar-refractivity contribution in [3.05, 3.63) is 66.6 Å². The largest absolute Gasteiger partial charge is 0.324 e. The normalized spacial score (nSPS) is 10.4. The minimum Gasteiger partial charge on any atom is -0.324 e. The van der Waals surface area contributed by atoms with Gasteiger partial charge >= 0.3 is 0 Å². The van der Waals surface area contributed by atoms with E-state index in [2.05, 4.69) is 20.3 Å². The summed E-state index contributed by atoms with van der Waals surface area (Å²) in [6.45, 7) is 0. The zero-order valence-electron chi connectivity index (χ0n) is 10.8. The van der Waals surface area contributed by atoms with Crippen LogP contribution in [0.5, 0.6) is 0 Å². The van der Waals surface area contributed by atoms with Gasteiger partial charge in [0, 0.05) is 35.9 Å². The van der Waals surface area contributed by atoms with E-state index in [4.69, 9.17) is 0 Å². The van der Waals surface area contributed by atoms with Crippen LogP contribution in [-0.2, 0) is 0 Å². The number of nitrogens with zero attached hydrogens (tertiary/aromatic N) is 3. The molecule has 6 heteroatoms. The molecule has 0 radical (unpaired) electrons. The van der Waals surface area contributed by atoms with E-state index < -0.39 is 11.6 Å². The molecule has 1 aromatic carbocycles.